The summed E-state index contributed by atoms with van der Waals surface area (Å²) < 4.78 is 0. The lowest BCUT2D eigenvalue weighted by atomic mass is 9.98. The summed E-state index contributed by atoms with van der Waals surface area (Å²) in [5, 5.41) is 14.5. The van der Waals surface area contributed by atoms with Gasteiger partial charge in [0, 0.05) is 18.5 Å². The Bertz CT molecular complexity index is 1840. The van der Waals surface area contributed by atoms with Crippen molar-refractivity contribution in [2.45, 2.75) is 19.0 Å². The molecule has 0 aliphatic rings. The van der Waals surface area contributed by atoms with E-state index in [1.54, 1.807) is 6.07 Å². The molecule has 1 N–H and O–H groups in total. The molecule has 1 atom stereocenters. The molecule has 6 aromatic rings. The van der Waals surface area contributed by atoms with E-state index in [-0.39, 0.29) is 18.9 Å². The van der Waals surface area contributed by atoms with Crippen LogP contribution in [0.2, 0.25) is 0 Å². The number of fused-ring (bicyclic) bond motifs is 2. The minimum absolute atomic E-state index is 0.173. The molecule has 0 bridgehead atoms. The Kier molecular flexibility index (Phi) is 7.29. The summed E-state index contributed by atoms with van der Waals surface area (Å²) in [6, 6.07) is 44.2. The van der Waals surface area contributed by atoms with Crippen molar-refractivity contribution in [1.29, 1.82) is 0 Å². The first-order valence-electron chi connectivity index (χ1n) is 13.7. The maximum absolute atomic E-state index is 14.2. The van der Waals surface area contributed by atoms with Crippen LogP contribution < -0.4 is 0 Å². The van der Waals surface area contributed by atoms with Crippen LogP contribution in [0.4, 0.5) is 0 Å². The zero-order valence-corrected chi connectivity index (χ0v) is 22.5. The third kappa shape index (κ3) is 5.59. The number of aliphatic carboxylic acids is 1. The van der Waals surface area contributed by atoms with Crippen LogP contribution in [0.25, 0.3) is 32.7 Å². The van der Waals surface area contributed by atoms with Gasteiger partial charge >= 0.3 is 5.97 Å². The van der Waals surface area contributed by atoms with Crippen molar-refractivity contribution in [2.75, 3.05) is 0 Å². The average molecular weight is 536 g/mol. The molecule has 0 saturated carbocycles. The number of rotatable bonds is 8. The zero-order valence-electron chi connectivity index (χ0n) is 22.5. The van der Waals surface area contributed by atoms with Gasteiger partial charge in [0.2, 0.25) is 0 Å². The van der Waals surface area contributed by atoms with Gasteiger partial charge in [0.1, 0.15) is 6.04 Å². The maximum atomic E-state index is 14.2. The highest BCUT2D eigenvalue weighted by atomic mass is 16.4. The normalized spacial score (nSPS) is 11.8. The molecule has 0 unspecified atom stereocenters. The number of hydrogen-bond acceptors (Lipinski definition) is 2. The van der Waals surface area contributed by atoms with E-state index in [9.17, 15) is 14.7 Å². The van der Waals surface area contributed by atoms with Crippen molar-refractivity contribution in [1.82, 2.24) is 4.90 Å². The second-order valence-corrected chi connectivity index (χ2v) is 10.3. The second kappa shape index (κ2) is 11.5. The first kappa shape index (κ1) is 26.0. The average Bonchev–Trinajstić information content (AvgIpc) is 3.03. The van der Waals surface area contributed by atoms with Crippen molar-refractivity contribution in [3.63, 3.8) is 0 Å². The van der Waals surface area contributed by atoms with Gasteiger partial charge in [-0.3, -0.25) is 4.79 Å². The predicted octanol–water partition coefficient (Wildman–Crippen LogP) is 8.00. The summed E-state index contributed by atoms with van der Waals surface area (Å²) in [7, 11) is 0. The van der Waals surface area contributed by atoms with Gasteiger partial charge in [-0.05, 0) is 55.9 Å². The number of hydrogen-bond donors (Lipinski definition) is 1. The van der Waals surface area contributed by atoms with Crippen molar-refractivity contribution in [3.8, 4) is 11.1 Å². The molecular formula is C37H29NO3. The molecule has 0 aromatic heterocycles. The third-order valence-corrected chi connectivity index (χ3v) is 7.63. The molecule has 0 radical (unpaired) electrons. The summed E-state index contributed by atoms with van der Waals surface area (Å²) >= 11 is 0. The molecule has 0 saturated heterocycles. The topological polar surface area (TPSA) is 57.6 Å². The smallest absolute Gasteiger partial charge is 0.326 e. The lowest BCUT2D eigenvalue weighted by Crippen LogP contribution is -2.46. The third-order valence-electron chi connectivity index (χ3n) is 7.63. The van der Waals surface area contributed by atoms with Crippen molar-refractivity contribution >= 4 is 33.4 Å². The van der Waals surface area contributed by atoms with Gasteiger partial charge in [-0.1, -0.05) is 127 Å². The standard InChI is InChI=1S/C37H29NO3/c39-36(32-22-21-28-11-4-5-13-31(28)24-32)38(25-33-15-8-14-30-12-6-7-16-34(30)33)35(37(40)41)23-26-17-19-29(20-18-26)27-9-2-1-3-10-27/h1-22,24,35H,23,25H2,(H,40,41)/t35-/m1/s1. The molecule has 0 spiro atoms. The summed E-state index contributed by atoms with van der Waals surface area (Å²) in [5.74, 6) is -1.34. The first-order valence-corrected chi connectivity index (χ1v) is 13.7. The molecule has 0 fully saturated rings. The number of benzene rings is 6. The van der Waals surface area contributed by atoms with Crippen LogP contribution in [0.5, 0.6) is 0 Å². The molecule has 0 heterocycles. The Morgan fingerprint density at radius 1 is 0.610 bits per heavy atom. The fraction of sp³-hybridized carbons (Fsp3) is 0.0811. The molecule has 6 aromatic carbocycles. The van der Waals surface area contributed by atoms with E-state index in [1.165, 1.54) is 4.90 Å². The second-order valence-electron chi connectivity index (χ2n) is 10.3. The number of amides is 1. The Balaban J connectivity index is 1.38. The van der Waals surface area contributed by atoms with E-state index in [1.807, 2.05) is 133 Å². The number of carboxylic acid groups (broad SMARTS) is 1. The van der Waals surface area contributed by atoms with Gasteiger partial charge < -0.3 is 10.0 Å². The van der Waals surface area contributed by atoms with Crippen LogP contribution in [0.1, 0.15) is 21.5 Å². The van der Waals surface area contributed by atoms with Gasteiger partial charge in [-0.15, -0.1) is 0 Å². The molecule has 1 amide bonds. The molecule has 41 heavy (non-hydrogen) atoms. The molecule has 200 valence electrons. The van der Waals surface area contributed by atoms with Crippen LogP contribution in [0, 0.1) is 0 Å². The van der Waals surface area contributed by atoms with Gasteiger partial charge in [0.05, 0.1) is 0 Å². The summed E-state index contributed by atoms with van der Waals surface area (Å²) in [6.45, 7) is 0.173. The van der Waals surface area contributed by atoms with E-state index in [0.29, 0.717) is 5.56 Å². The largest absolute Gasteiger partial charge is 0.480 e. The number of nitrogens with zero attached hydrogens (tertiary/aromatic N) is 1. The highest BCUT2D eigenvalue weighted by molar-refractivity contribution is 6.00. The monoisotopic (exact) mass is 535 g/mol. The van der Waals surface area contributed by atoms with Crippen molar-refractivity contribution < 1.29 is 14.7 Å². The predicted molar refractivity (Wildman–Crippen MR) is 165 cm³/mol. The van der Waals surface area contributed by atoms with Gasteiger partial charge in [-0.2, -0.15) is 0 Å². The fourth-order valence-corrected chi connectivity index (χ4v) is 5.44. The van der Waals surface area contributed by atoms with Crippen LogP contribution in [-0.2, 0) is 17.8 Å². The van der Waals surface area contributed by atoms with E-state index in [2.05, 4.69) is 0 Å². The molecule has 0 aliphatic carbocycles. The molecule has 0 aliphatic heterocycles. The van der Waals surface area contributed by atoms with Gasteiger partial charge in [0.15, 0.2) is 0 Å². The Labute approximate surface area is 239 Å². The number of carbonyl (C=O) groups excluding carboxylic acids is 1. The number of carboxylic acids is 1. The highest BCUT2D eigenvalue weighted by Gasteiger charge is 2.31. The minimum atomic E-state index is -1.06. The molecular weight excluding hydrogens is 506 g/mol. The zero-order chi connectivity index (χ0) is 28.2. The first-order chi connectivity index (χ1) is 20.1. The Morgan fingerprint density at radius 2 is 1.24 bits per heavy atom. The molecule has 4 nitrogen and oxygen atoms in total. The molecule has 6 rings (SSSR count). The quantitative estimate of drug-likeness (QED) is 0.215. The minimum Gasteiger partial charge on any atom is -0.480 e. The van der Waals surface area contributed by atoms with Crippen LogP contribution >= 0.6 is 0 Å². The maximum Gasteiger partial charge on any atom is 0.326 e. The van der Waals surface area contributed by atoms with E-state index >= 15 is 0 Å². The SMILES string of the molecule is O=C(O)[C@@H](Cc1ccc(-c2ccccc2)cc1)N(Cc1cccc2ccccc12)C(=O)c1ccc2ccccc2c1. The van der Waals surface area contributed by atoms with E-state index < -0.39 is 12.0 Å². The summed E-state index contributed by atoms with van der Waals surface area (Å²) in [5.41, 5.74) is 4.38. The molecule has 4 heteroatoms. The van der Waals surface area contributed by atoms with Gasteiger partial charge in [0.25, 0.3) is 5.91 Å². The van der Waals surface area contributed by atoms with E-state index in [0.717, 1.165) is 43.8 Å². The summed E-state index contributed by atoms with van der Waals surface area (Å²) in [4.78, 5) is 28.5. The van der Waals surface area contributed by atoms with Crippen LogP contribution in [0.15, 0.2) is 140 Å². The lowest BCUT2D eigenvalue weighted by molar-refractivity contribution is -0.142. The van der Waals surface area contributed by atoms with Gasteiger partial charge in [-0.25, -0.2) is 4.79 Å². The Hall–Kier alpha value is -5.22. The van der Waals surface area contributed by atoms with Crippen LogP contribution in [-0.4, -0.2) is 27.9 Å². The van der Waals surface area contributed by atoms with Crippen LogP contribution in [0.3, 0.4) is 0 Å². The fourth-order valence-electron chi connectivity index (χ4n) is 5.44. The van der Waals surface area contributed by atoms with Crippen molar-refractivity contribution in [3.05, 3.63) is 156 Å². The summed E-state index contributed by atoms with van der Waals surface area (Å²) in [6.07, 6.45) is 0.189. The lowest BCUT2D eigenvalue weighted by Gasteiger charge is -2.30. The Morgan fingerprint density at radius 3 is 2.00 bits per heavy atom. The number of carbonyl (C=O) groups is 2. The van der Waals surface area contributed by atoms with E-state index in [4.69, 9.17) is 0 Å². The highest BCUT2D eigenvalue weighted by Crippen LogP contribution is 2.26. The van der Waals surface area contributed by atoms with Crippen molar-refractivity contribution in [2.24, 2.45) is 0 Å².